The highest BCUT2D eigenvalue weighted by atomic mass is 19.4. The van der Waals surface area contributed by atoms with E-state index < -0.39 is 17.3 Å². The van der Waals surface area contributed by atoms with Gasteiger partial charge < -0.3 is 15.0 Å². The summed E-state index contributed by atoms with van der Waals surface area (Å²) < 4.78 is 47.0. The zero-order valence-corrected chi connectivity index (χ0v) is 23.9. The highest BCUT2D eigenvalue weighted by molar-refractivity contribution is 5.97. The molecular weight excluding hydrogens is 545 g/mol. The van der Waals surface area contributed by atoms with E-state index in [1.54, 1.807) is 24.5 Å². The van der Waals surface area contributed by atoms with E-state index >= 15 is 0 Å². The fourth-order valence-electron chi connectivity index (χ4n) is 4.54. The van der Waals surface area contributed by atoms with Crippen molar-refractivity contribution < 1.29 is 17.9 Å². The number of aromatic nitrogens is 5. The number of nitrogens with one attached hydrogen (secondary N) is 1. The second kappa shape index (κ2) is 13.0. The second-order valence-corrected chi connectivity index (χ2v) is 9.84. The van der Waals surface area contributed by atoms with Crippen LogP contribution in [-0.2, 0) is 25.9 Å². The zero-order chi connectivity index (χ0) is 30.4. The molecule has 4 aromatic heterocycles. The van der Waals surface area contributed by atoms with Gasteiger partial charge in [-0.2, -0.15) is 18.3 Å². The average Bonchev–Trinajstić information content (AvgIpc) is 3.42. The number of aryl methyl sites for hydroxylation is 2. The molecule has 4 heterocycles. The lowest BCUT2D eigenvalue weighted by atomic mass is 10.0. The van der Waals surface area contributed by atoms with Gasteiger partial charge in [0.1, 0.15) is 23.4 Å². The van der Waals surface area contributed by atoms with E-state index in [9.17, 15) is 18.0 Å². The van der Waals surface area contributed by atoms with Gasteiger partial charge in [0.25, 0.3) is 5.56 Å². The quantitative estimate of drug-likeness (QED) is 0.234. The van der Waals surface area contributed by atoms with Crippen molar-refractivity contribution in [1.82, 2.24) is 24.7 Å². The van der Waals surface area contributed by atoms with Crippen LogP contribution < -0.4 is 16.0 Å². The van der Waals surface area contributed by atoms with Gasteiger partial charge in [-0.3, -0.25) is 14.9 Å². The Bertz CT molecular complexity index is 1740. The highest BCUT2D eigenvalue weighted by Crippen LogP contribution is 2.34. The van der Waals surface area contributed by atoms with Crippen molar-refractivity contribution in [2.24, 2.45) is 5.73 Å². The average molecular weight is 579 g/mol. The van der Waals surface area contributed by atoms with E-state index in [-0.39, 0.29) is 13.2 Å². The molecule has 0 aliphatic carbocycles. The predicted octanol–water partition coefficient (Wildman–Crippen LogP) is 6.32. The first-order valence-electron chi connectivity index (χ1n) is 13.5. The number of para-hydroxylation sites is 1. The van der Waals surface area contributed by atoms with Gasteiger partial charge >= 0.3 is 6.18 Å². The molecule has 1 aromatic carbocycles. The number of ether oxygens (including phenoxy) is 1. The lowest BCUT2D eigenvalue weighted by Gasteiger charge is -2.16. The van der Waals surface area contributed by atoms with Gasteiger partial charge in [0.05, 0.1) is 24.1 Å². The molecule has 0 bridgehead atoms. The molecule has 0 aliphatic heterocycles. The first kappa shape index (κ1) is 30.4. The number of aromatic amines is 1. The molecule has 11 heteroatoms. The van der Waals surface area contributed by atoms with Crippen LogP contribution in [-0.4, -0.2) is 24.7 Å². The van der Waals surface area contributed by atoms with Crippen LogP contribution in [0.5, 0.6) is 5.75 Å². The van der Waals surface area contributed by atoms with Crippen molar-refractivity contribution in [3.05, 3.63) is 105 Å². The molecule has 0 spiro atoms. The van der Waals surface area contributed by atoms with Crippen LogP contribution in [0.25, 0.3) is 22.2 Å². The zero-order valence-electron chi connectivity index (χ0n) is 23.9. The van der Waals surface area contributed by atoms with Crippen LogP contribution in [0.1, 0.15) is 53.9 Å². The van der Waals surface area contributed by atoms with E-state index in [1.165, 1.54) is 18.7 Å². The maximum absolute atomic E-state index is 13.3. The smallest absolute Gasteiger partial charge is 0.421 e. The number of pyridine rings is 3. The Kier molecular flexibility index (Phi) is 9.41. The molecular formula is C31H33F3N6O2. The summed E-state index contributed by atoms with van der Waals surface area (Å²) in [6, 6.07) is 11.3. The standard InChI is InChI=1S/C28H25F3N6O2.C3H8/c1-16-8-9-33-23(14-37-10-4-6-22(27(37)38)28(29,30)31)21(16)15-39-24-7-3-5-19-20(11-17(2)35-26(19)24)25-18(12-32)13-34-36-25;1-3-2/h3-11,13H,12,14-15,32H2,1-2H3,(H,34,36);3H2,1-2H3. The normalized spacial score (nSPS) is 11.3. The molecule has 0 atom stereocenters. The second-order valence-electron chi connectivity index (χ2n) is 9.84. The number of benzene rings is 1. The van der Waals surface area contributed by atoms with Crippen LogP contribution in [0.3, 0.4) is 0 Å². The van der Waals surface area contributed by atoms with Crippen LogP contribution in [0.4, 0.5) is 13.2 Å². The van der Waals surface area contributed by atoms with Gasteiger partial charge in [-0.05, 0) is 49.7 Å². The van der Waals surface area contributed by atoms with Crippen LogP contribution in [0.15, 0.2) is 65.8 Å². The molecule has 3 N–H and O–H groups in total. The van der Waals surface area contributed by atoms with Gasteiger partial charge in [-0.15, -0.1) is 0 Å². The third kappa shape index (κ3) is 6.52. The molecule has 42 heavy (non-hydrogen) atoms. The molecule has 5 rings (SSSR count). The number of rotatable bonds is 7. The van der Waals surface area contributed by atoms with Crippen LogP contribution >= 0.6 is 0 Å². The first-order valence-corrected chi connectivity index (χ1v) is 13.5. The molecule has 0 fully saturated rings. The fourth-order valence-corrected chi connectivity index (χ4v) is 4.54. The summed E-state index contributed by atoms with van der Waals surface area (Å²) in [6.45, 7) is 8.25. The number of halogens is 3. The molecule has 0 radical (unpaired) electrons. The van der Waals surface area contributed by atoms with Crippen molar-refractivity contribution in [3.63, 3.8) is 0 Å². The molecule has 5 aromatic rings. The van der Waals surface area contributed by atoms with E-state index in [0.29, 0.717) is 29.1 Å². The van der Waals surface area contributed by atoms with Gasteiger partial charge in [0.2, 0.25) is 0 Å². The summed E-state index contributed by atoms with van der Waals surface area (Å²) in [5, 5.41) is 8.00. The molecule has 8 nitrogen and oxygen atoms in total. The Morgan fingerprint density at radius 3 is 2.57 bits per heavy atom. The predicted molar refractivity (Wildman–Crippen MR) is 156 cm³/mol. The molecule has 0 saturated carbocycles. The fraction of sp³-hybridized carbons (Fsp3) is 0.290. The highest BCUT2D eigenvalue weighted by Gasteiger charge is 2.34. The summed E-state index contributed by atoms with van der Waals surface area (Å²) in [6.07, 6.45) is 1.07. The topological polar surface area (TPSA) is 112 Å². The minimum absolute atomic E-state index is 0.0743. The molecule has 0 amide bonds. The minimum Gasteiger partial charge on any atom is -0.487 e. The van der Waals surface area contributed by atoms with E-state index in [2.05, 4.69) is 29.0 Å². The Hall–Kier alpha value is -4.51. The Morgan fingerprint density at radius 1 is 1.10 bits per heavy atom. The van der Waals surface area contributed by atoms with E-state index in [4.69, 9.17) is 15.5 Å². The summed E-state index contributed by atoms with van der Waals surface area (Å²) in [4.78, 5) is 21.6. The summed E-state index contributed by atoms with van der Waals surface area (Å²) in [5.41, 5.74) is 9.46. The number of alkyl halides is 3. The third-order valence-corrected chi connectivity index (χ3v) is 6.53. The number of fused-ring (bicyclic) bond motifs is 1. The first-order chi connectivity index (χ1) is 20.1. The maximum Gasteiger partial charge on any atom is 0.421 e. The molecule has 0 aliphatic rings. The number of hydrogen-bond donors (Lipinski definition) is 2. The van der Waals surface area contributed by atoms with Crippen molar-refractivity contribution >= 4 is 10.9 Å². The monoisotopic (exact) mass is 578 g/mol. The van der Waals surface area contributed by atoms with Crippen LogP contribution in [0.2, 0.25) is 0 Å². The van der Waals surface area contributed by atoms with E-state index in [0.717, 1.165) is 44.1 Å². The van der Waals surface area contributed by atoms with Crippen molar-refractivity contribution in [3.8, 4) is 17.0 Å². The largest absolute Gasteiger partial charge is 0.487 e. The SMILES string of the molecule is CCC.Cc1cc(-c2[nH]ncc2CN)c2cccc(OCc3c(C)ccnc3Cn3cccc(C(F)(F)F)c3=O)c2n1. The van der Waals surface area contributed by atoms with Crippen molar-refractivity contribution in [1.29, 1.82) is 0 Å². The van der Waals surface area contributed by atoms with Gasteiger partial charge in [0, 0.05) is 46.7 Å². The lowest BCUT2D eigenvalue weighted by Crippen LogP contribution is -2.29. The lowest BCUT2D eigenvalue weighted by molar-refractivity contribution is -0.138. The number of nitrogens with zero attached hydrogens (tertiary/aromatic N) is 4. The Morgan fingerprint density at radius 2 is 1.86 bits per heavy atom. The number of H-pyrrole nitrogens is 1. The summed E-state index contributed by atoms with van der Waals surface area (Å²) in [7, 11) is 0. The van der Waals surface area contributed by atoms with E-state index in [1.807, 2.05) is 32.0 Å². The third-order valence-electron chi connectivity index (χ3n) is 6.53. The molecule has 0 unspecified atom stereocenters. The van der Waals surface area contributed by atoms with Gasteiger partial charge in [-0.1, -0.05) is 32.4 Å². The molecule has 220 valence electrons. The van der Waals surface area contributed by atoms with Crippen LogP contribution in [0, 0.1) is 13.8 Å². The summed E-state index contributed by atoms with van der Waals surface area (Å²) >= 11 is 0. The van der Waals surface area contributed by atoms with Gasteiger partial charge in [-0.25, -0.2) is 4.98 Å². The Labute approximate surface area is 241 Å². The van der Waals surface area contributed by atoms with Crippen molar-refractivity contribution in [2.75, 3.05) is 0 Å². The summed E-state index contributed by atoms with van der Waals surface area (Å²) in [5.74, 6) is 0.525. The number of hydrogen-bond acceptors (Lipinski definition) is 6. The minimum atomic E-state index is -4.74. The Balaban J connectivity index is 0.00000129. The molecule has 0 saturated heterocycles. The maximum atomic E-state index is 13.3. The van der Waals surface area contributed by atoms with Crippen molar-refractivity contribution in [2.45, 2.75) is 60.0 Å². The van der Waals surface area contributed by atoms with Gasteiger partial charge in [0.15, 0.2) is 0 Å². The number of nitrogens with two attached hydrogens (primary N) is 1.